The third kappa shape index (κ3) is 4.11. The summed E-state index contributed by atoms with van der Waals surface area (Å²) in [5.41, 5.74) is 1.48. The molecular formula is C19H25B5N4O2. The Hall–Kier alpha value is -1.24. The van der Waals surface area contributed by atoms with Gasteiger partial charge in [-0.25, -0.2) is 4.79 Å². The molecule has 0 aromatic carbocycles. The van der Waals surface area contributed by atoms with E-state index in [0.29, 0.717) is 25.0 Å². The maximum Gasteiger partial charge on any atom is 0.408 e. The molecule has 10 radical (unpaired) electrons. The Kier molecular flexibility index (Phi) is 5.65. The first kappa shape index (κ1) is 22.0. The van der Waals surface area contributed by atoms with Crippen LogP contribution in [0.25, 0.3) is 0 Å². The number of ether oxygens (including phenoxy) is 1. The van der Waals surface area contributed by atoms with Gasteiger partial charge >= 0.3 is 6.09 Å². The highest BCUT2D eigenvalue weighted by molar-refractivity contribution is 6.67. The summed E-state index contributed by atoms with van der Waals surface area (Å²) in [6.07, 6.45) is 6.72. The SMILES string of the molecule is [B]C([B])([B])C([B])([B])OC(=O)N1CCC2(CC(N3CCC(c4ccnn4C)CC3)C2)C1. The van der Waals surface area contributed by atoms with Crippen molar-refractivity contribution >= 4 is 45.3 Å². The zero-order valence-electron chi connectivity index (χ0n) is 17.7. The van der Waals surface area contributed by atoms with Crippen molar-refractivity contribution in [2.45, 2.75) is 54.6 Å². The lowest BCUT2D eigenvalue weighted by Crippen LogP contribution is -2.55. The standard InChI is InChI=1S/C19H25B5N4O2/c1-26-15(2-6-25-26)13-3-7-27(8-4-13)14-10-17(11-14)5-9-28(12-17)16(29)30-19(23,24)18(20,21)22/h2,6,13-14H,3-5,7-12H2,1H3. The number of hydrogen-bond donors (Lipinski definition) is 0. The highest BCUT2D eigenvalue weighted by atomic mass is 16.6. The van der Waals surface area contributed by atoms with E-state index >= 15 is 0 Å². The average Bonchev–Trinajstić information content (AvgIpc) is 3.26. The van der Waals surface area contributed by atoms with Crippen molar-refractivity contribution in [1.82, 2.24) is 19.6 Å². The molecule has 6 nitrogen and oxygen atoms in total. The second kappa shape index (κ2) is 7.72. The van der Waals surface area contributed by atoms with Crippen LogP contribution in [-0.4, -0.2) is 103 Å². The number of likely N-dealkylation sites (tertiary alicyclic amines) is 2. The first-order valence-electron chi connectivity index (χ1n) is 10.6. The molecule has 2 aliphatic heterocycles. The molecule has 1 saturated carbocycles. The fourth-order valence-corrected chi connectivity index (χ4v) is 5.26. The Labute approximate surface area is 185 Å². The molecule has 2 saturated heterocycles. The summed E-state index contributed by atoms with van der Waals surface area (Å²) in [6.45, 7) is 3.46. The van der Waals surface area contributed by atoms with Crippen molar-refractivity contribution in [3.63, 3.8) is 0 Å². The fourth-order valence-electron chi connectivity index (χ4n) is 5.26. The van der Waals surface area contributed by atoms with Crippen LogP contribution in [0.2, 0.25) is 5.11 Å². The molecule has 148 valence electrons. The highest BCUT2D eigenvalue weighted by Gasteiger charge is 2.52. The summed E-state index contributed by atoms with van der Waals surface area (Å²) in [5, 5.41) is 0.139. The predicted octanol–water partition coefficient (Wildman–Crippen LogP) is 0.161. The monoisotopic (exact) mass is 396 g/mol. The van der Waals surface area contributed by atoms with Crippen LogP contribution in [0.5, 0.6) is 0 Å². The first-order valence-corrected chi connectivity index (χ1v) is 10.6. The zero-order chi connectivity index (χ0) is 21.7. The number of amides is 1. The van der Waals surface area contributed by atoms with Crippen LogP contribution in [0, 0.1) is 5.41 Å². The second-order valence-corrected chi connectivity index (χ2v) is 9.52. The van der Waals surface area contributed by atoms with Gasteiger partial charge in [-0.05, 0) is 56.7 Å². The number of carbonyl (C=O) groups is 1. The van der Waals surface area contributed by atoms with Gasteiger partial charge < -0.3 is 14.5 Å². The van der Waals surface area contributed by atoms with Crippen molar-refractivity contribution in [1.29, 1.82) is 0 Å². The second-order valence-electron chi connectivity index (χ2n) is 9.52. The van der Waals surface area contributed by atoms with Gasteiger partial charge in [-0.1, -0.05) is 0 Å². The Morgan fingerprint density at radius 3 is 2.40 bits per heavy atom. The van der Waals surface area contributed by atoms with Crippen LogP contribution in [0.15, 0.2) is 12.3 Å². The number of aryl methyl sites for hydroxylation is 1. The molecule has 11 heteroatoms. The predicted molar refractivity (Wildman–Crippen MR) is 119 cm³/mol. The summed E-state index contributed by atoms with van der Waals surface area (Å²) >= 11 is 0. The molecule has 1 amide bonds. The molecule has 30 heavy (non-hydrogen) atoms. The Bertz CT molecular complexity index is 782. The molecule has 3 heterocycles. The number of nitrogens with zero attached hydrogens (tertiary/aromatic N) is 4. The van der Waals surface area contributed by atoms with Gasteiger partial charge in [0.2, 0.25) is 0 Å². The van der Waals surface area contributed by atoms with Crippen LogP contribution < -0.4 is 0 Å². The molecule has 1 spiro atoms. The Morgan fingerprint density at radius 2 is 1.83 bits per heavy atom. The van der Waals surface area contributed by atoms with Crippen LogP contribution in [-0.2, 0) is 11.8 Å². The lowest BCUT2D eigenvalue weighted by Gasteiger charge is -2.51. The largest absolute Gasteiger partial charge is 0.465 e. The fraction of sp³-hybridized carbons (Fsp3) is 0.789. The van der Waals surface area contributed by atoms with Gasteiger partial charge in [-0.3, -0.25) is 4.68 Å². The van der Waals surface area contributed by atoms with Gasteiger partial charge in [-0.15, -0.1) is 5.11 Å². The van der Waals surface area contributed by atoms with Crippen molar-refractivity contribution < 1.29 is 9.53 Å². The van der Waals surface area contributed by atoms with E-state index in [1.807, 2.05) is 17.9 Å². The third-order valence-electron chi connectivity index (χ3n) is 7.29. The van der Waals surface area contributed by atoms with Crippen LogP contribution in [0.3, 0.4) is 0 Å². The van der Waals surface area contributed by atoms with Crippen molar-refractivity contribution in [2.24, 2.45) is 12.5 Å². The van der Waals surface area contributed by atoms with E-state index in [9.17, 15) is 4.79 Å². The number of hydrogen-bond acceptors (Lipinski definition) is 4. The van der Waals surface area contributed by atoms with Crippen LogP contribution in [0.1, 0.15) is 43.7 Å². The number of piperidine rings is 1. The summed E-state index contributed by atoms with van der Waals surface area (Å²) in [6, 6.07) is 2.72. The van der Waals surface area contributed by atoms with Gasteiger partial charge in [0.25, 0.3) is 0 Å². The summed E-state index contributed by atoms with van der Waals surface area (Å²) in [5.74, 6) is 0.590. The molecule has 0 atom stereocenters. The minimum absolute atomic E-state index is 0.152. The minimum Gasteiger partial charge on any atom is -0.465 e. The molecule has 3 aliphatic rings. The molecular weight excluding hydrogens is 370 g/mol. The molecule has 0 unspecified atom stereocenters. The van der Waals surface area contributed by atoms with E-state index in [4.69, 9.17) is 44.0 Å². The summed E-state index contributed by atoms with van der Waals surface area (Å²) in [4.78, 5) is 16.7. The molecule has 3 fully saturated rings. The molecule has 0 N–H and O–H groups in total. The van der Waals surface area contributed by atoms with Gasteiger partial charge in [0.05, 0.1) is 23.5 Å². The molecule has 0 bridgehead atoms. The van der Waals surface area contributed by atoms with E-state index in [-0.39, 0.29) is 5.41 Å². The van der Waals surface area contributed by atoms with Crippen molar-refractivity contribution in [3.8, 4) is 0 Å². The van der Waals surface area contributed by atoms with Gasteiger partial charge in [0.15, 0.2) is 0 Å². The minimum atomic E-state index is -2.14. The van der Waals surface area contributed by atoms with Crippen molar-refractivity contribution in [2.75, 3.05) is 26.2 Å². The maximum atomic E-state index is 12.5. The first-order chi connectivity index (χ1) is 14.0. The van der Waals surface area contributed by atoms with E-state index in [2.05, 4.69) is 16.1 Å². The Morgan fingerprint density at radius 1 is 1.17 bits per heavy atom. The quantitative estimate of drug-likeness (QED) is 0.682. The van der Waals surface area contributed by atoms with E-state index < -0.39 is 16.6 Å². The lowest BCUT2D eigenvalue weighted by atomic mass is 9.28. The number of aromatic nitrogens is 2. The molecule has 4 rings (SSSR count). The third-order valence-corrected chi connectivity index (χ3v) is 7.29. The molecule has 1 aromatic heterocycles. The number of rotatable bonds is 4. The smallest absolute Gasteiger partial charge is 0.408 e. The maximum absolute atomic E-state index is 12.5. The normalized spacial score (nSPS) is 28.6. The van der Waals surface area contributed by atoms with Crippen molar-refractivity contribution in [3.05, 3.63) is 18.0 Å². The van der Waals surface area contributed by atoms with E-state index in [1.165, 1.54) is 5.69 Å². The summed E-state index contributed by atoms with van der Waals surface area (Å²) in [7, 11) is 29.9. The topological polar surface area (TPSA) is 50.6 Å². The zero-order valence-corrected chi connectivity index (χ0v) is 17.7. The van der Waals surface area contributed by atoms with Gasteiger partial charge in [0, 0.05) is 49.4 Å². The van der Waals surface area contributed by atoms with E-state index in [0.717, 1.165) is 45.2 Å². The molecule has 1 aliphatic carbocycles. The van der Waals surface area contributed by atoms with Gasteiger partial charge in [-0.2, -0.15) is 5.10 Å². The number of carbonyl (C=O) groups excluding carboxylic acids is 1. The lowest BCUT2D eigenvalue weighted by molar-refractivity contribution is -0.00610. The molecule has 1 aromatic rings. The van der Waals surface area contributed by atoms with Crippen LogP contribution in [0.4, 0.5) is 4.79 Å². The highest BCUT2D eigenvalue weighted by Crippen LogP contribution is 2.51. The van der Waals surface area contributed by atoms with E-state index in [1.54, 1.807) is 4.90 Å². The van der Waals surface area contributed by atoms with Crippen LogP contribution >= 0.6 is 0 Å². The summed E-state index contributed by atoms with van der Waals surface area (Å²) < 4.78 is 7.09. The average molecular weight is 395 g/mol. The Balaban J connectivity index is 1.25. The van der Waals surface area contributed by atoms with Gasteiger partial charge in [0.1, 0.15) is 15.7 Å².